The summed E-state index contributed by atoms with van der Waals surface area (Å²) in [5.74, 6) is -1.10. The molecule has 1 fully saturated rings. The molecule has 1 aromatic heterocycles. The van der Waals surface area contributed by atoms with Gasteiger partial charge in [0.1, 0.15) is 0 Å². The van der Waals surface area contributed by atoms with Crippen LogP contribution < -0.4 is 5.32 Å². The van der Waals surface area contributed by atoms with Crippen molar-refractivity contribution < 1.29 is 14.7 Å². The second-order valence-corrected chi connectivity index (χ2v) is 5.38. The Balaban J connectivity index is 1.49. The molecule has 8 nitrogen and oxygen atoms in total. The summed E-state index contributed by atoms with van der Waals surface area (Å²) in [6.07, 6.45) is 8.49. The lowest BCUT2D eigenvalue weighted by Gasteiger charge is -2.39. The number of hydrogen-bond donors (Lipinski definition) is 2. The Morgan fingerprint density at radius 3 is 2.76 bits per heavy atom. The Morgan fingerprint density at radius 1 is 1.33 bits per heavy atom. The van der Waals surface area contributed by atoms with Crippen molar-refractivity contribution in [3.63, 3.8) is 0 Å². The van der Waals surface area contributed by atoms with Crippen LogP contribution in [0.15, 0.2) is 18.3 Å². The third kappa shape index (κ3) is 2.88. The molecule has 1 saturated heterocycles. The van der Waals surface area contributed by atoms with Gasteiger partial charge in [-0.1, -0.05) is 17.4 Å². The maximum Gasteiger partial charge on any atom is 0.358 e. The molecule has 0 saturated carbocycles. The van der Waals surface area contributed by atoms with Crippen LogP contribution in [-0.4, -0.2) is 56.1 Å². The lowest BCUT2D eigenvalue weighted by molar-refractivity contribution is 0.0690. The van der Waals surface area contributed by atoms with Gasteiger partial charge in [0.25, 0.3) is 0 Å². The van der Waals surface area contributed by atoms with E-state index >= 15 is 0 Å². The highest BCUT2D eigenvalue weighted by Crippen LogP contribution is 2.21. The van der Waals surface area contributed by atoms with Gasteiger partial charge >= 0.3 is 12.0 Å². The monoisotopic (exact) mass is 291 g/mol. The number of carbonyl (C=O) groups is 2. The van der Waals surface area contributed by atoms with E-state index < -0.39 is 5.97 Å². The largest absolute Gasteiger partial charge is 0.476 e. The SMILES string of the molecule is O=C(O)c1cn(C2CN(C(=O)NC3CC=CCC3)C2)nn1. The summed E-state index contributed by atoms with van der Waals surface area (Å²) in [5.41, 5.74) is -0.0769. The number of carboxylic acids is 1. The summed E-state index contributed by atoms with van der Waals surface area (Å²) in [4.78, 5) is 24.5. The number of carbonyl (C=O) groups excluding carboxylic acids is 1. The van der Waals surface area contributed by atoms with Crippen molar-refractivity contribution in [3.8, 4) is 0 Å². The fourth-order valence-electron chi connectivity index (χ4n) is 2.53. The average Bonchev–Trinajstić information content (AvgIpc) is 2.88. The molecule has 0 radical (unpaired) electrons. The van der Waals surface area contributed by atoms with Crippen LogP contribution in [0.1, 0.15) is 35.8 Å². The lowest BCUT2D eigenvalue weighted by Crippen LogP contribution is -2.56. The summed E-state index contributed by atoms with van der Waals surface area (Å²) in [6.45, 7) is 1.05. The van der Waals surface area contributed by atoms with E-state index in [1.54, 1.807) is 4.90 Å². The molecule has 2 amide bonds. The molecule has 8 heteroatoms. The van der Waals surface area contributed by atoms with Crippen molar-refractivity contribution in [1.29, 1.82) is 0 Å². The molecule has 1 aliphatic carbocycles. The number of allylic oxidation sites excluding steroid dienone is 1. The Morgan fingerprint density at radius 2 is 2.14 bits per heavy atom. The molecular formula is C13H17N5O3. The molecule has 1 aliphatic heterocycles. The highest BCUT2D eigenvalue weighted by atomic mass is 16.4. The van der Waals surface area contributed by atoms with Crippen LogP contribution in [0.25, 0.3) is 0 Å². The van der Waals surface area contributed by atoms with Gasteiger partial charge in [0.2, 0.25) is 0 Å². The Hall–Kier alpha value is -2.38. The van der Waals surface area contributed by atoms with E-state index in [0.29, 0.717) is 13.1 Å². The first kappa shape index (κ1) is 13.6. The number of carboxylic acid groups (broad SMARTS) is 1. The number of aromatic carboxylic acids is 1. The van der Waals surface area contributed by atoms with Gasteiger partial charge in [-0.25, -0.2) is 14.3 Å². The van der Waals surface area contributed by atoms with Crippen molar-refractivity contribution in [2.45, 2.75) is 31.3 Å². The summed E-state index contributed by atoms with van der Waals surface area (Å²) in [6, 6.07) is 0.152. The zero-order valence-corrected chi connectivity index (χ0v) is 11.5. The number of likely N-dealkylation sites (tertiary alicyclic amines) is 1. The predicted octanol–water partition coefficient (Wildman–Crippen LogP) is 0.651. The zero-order chi connectivity index (χ0) is 14.8. The van der Waals surface area contributed by atoms with Gasteiger partial charge in [0.15, 0.2) is 5.69 Å². The van der Waals surface area contributed by atoms with Crippen molar-refractivity contribution in [1.82, 2.24) is 25.2 Å². The third-order valence-corrected chi connectivity index (χ3v) is 3.85. The van der Waals surface area contributed by atoms with Crippen LogP contribution in [-0.2, 0) is 0 Å². The maximum atomic E-state index is 12.0. The van der Waals surface area contributed by atoms with Crippen LogP contribution in [0.5, 0.6) is 0 Å². The number of urea groups is 1. The molecular weight excluding hydrogens is 274 g/mol. The first-order valence-corrected chi connectivity index (χ1v) is 6.99. The Bertz CT molecular complexity index is 576. The summed E-state index contributed by atoms with van der Waals surface area (Å²) >= 11 is 0. The normalized spacial score (nSPS) is 21.9. The van der Waals surface area contributed by atoms with E-state index in [1.807, 2.05) is 0 Å². The van der Waals surface area contributed by atoms with E-state index in [4.69, 9.17) is 5.11 Å². The number of nitrogens with one attached hydrogen (secondary N) is 1. The molecule has 3 rings (SSSR count). The van der Waals surface area contributed by atoms with Crippen LogP contribution in [0, 0.1) is 0 Å². The molecule has 2 heterocycles. The quantitative estimate of drug-likeness (QED) is 0.796. The minimum atomic E-state index is -1.10. The molecule has 2 N–H and O–H groups in total. The van der Waals surface area contributed by atoms with Gasteiger partial charge in [-0.15, -0.1) is 5.10 Å². The first-order valence-electron chi connectivity index (χ1n) is 6.99. The van der Waals surface area contributed by atoms with Gasteiger partial charge in [0, 0.05) is 19.1 Å². The van der Waals surface area contributed by atoms with Crippen molar-refractivity contribution in [3.05, 3.63) is 24.0 Å². The minimum Gasteiger partial charge on any atom is -0.476 e. The van der Waals surface area contributed by atoms with E-state index in [9.17, 15) is 9.59 Å². The van der Waals surface area contributed by atoms with Crippen molar-refractivity contribution in [2.75, 3.05) is 13.1 Å². The second-order valence-electron chi connectivity index (χ2n) is 5.38. The zero-order valence-electron chi connectivity index (χ0n) is 11.5. The summed E-state index contributed by atoms with van der Waals surface area (Å²) < 4.78 is 1.51. The molecule has 1 aromatic rings. The predicted molar refractivity (Wildman–Crippen MR) is 72.9 cm³/mol. The average molecular weight is 291 g/mol. The standard InChI is InChI=1S/C13H17N5O3/c19-12(20)11-8-18(16-15-11)10-6-17(7-10)13(21)14-9-4-2-1-3-5-9/h1-2,8-10H,3-7H2,(H,14,21)(H,19,20). The van der Waals surface area contributed by atoms with Crippen LogP contribution in [0.3, 0.4) is 0 Å². The molecule has 112 valence electrons. The van der Waals surface area contributed by atoms with Crippen molar-refractivity contribution in [2.24, 2.45) is 0 Å². The topological polar surface area (TPSA) is 100 Å². The number of aromatic nitrogens is 3. The van der Waals surface area contributed by atoms with Crippen LogP contribution in [0.2, 0.25) is 0 Å². The van der Waals surface area contributed by atoms with E-state index in [2.05, 4.69) is 27.8 Å². The van der Waals surface area contributed by atoms with E-state index in [1.165, 1.54) is 10.9 Å². The minimum absolute atomic E-state index is 0.00241. The van der Waals surface area contributed by atoms with Gasteiger partial charge in [-0.2, -0.15) is 0 Å². The molecule has 0 aromatic carbocycles. The molecule has 1 atom stereocenters. The Kier molecular flexibility index (Phi) is 3.59. The van der Waals surface area contributed by atoms with E-state index in [0.717, 1.165) is 19.3 Å². The maximum absolute atomic E-state index is 12.0. The molecule has 21 heavy (non-hydrogen) atoms. The molecule has 0 spiro atoms. The fraction of sp³-hybridized carbons (Fsp3) is 0.538. The van der Waals surface area contributed by atoms with Gasteiger partial charge < -0.3 is 15.3 Å². The highest BCUT2D eigenvalue weighted by Gasteiger charge is 2.33. The molecule has 2 aliphatic rings. The fourth-order valence-corrected chi connectivity index (χ4v) is 2.53. The number of hydrogen-bond acceptors (Lipinski definition) is 4. The van der Waals surface area contributed by atoms with E-state index in [-0.39, 0.29) is 23.8 Å². The van der Waals surface area contributed by atoms with Crippen LogP contribution in [0.4, 0.5) is 4.79 Å². The van der Waals surface area contributed by atoms with Crippen molar-refractivity contribution >= 4 is 12.0 Å². The summed E-state index contributed by atoms with van der Waals surface area (Å²) in [7, 11) is 0. The first-order chi connectivity index (χ1) is 10.1. The second kappa shape index (κ2) is 5.55. The Labute approximate surface area is 121 Å². The molecule has 0 bridgehead atoms. The highest BCUT2D eigenvalue weighted by molar-refractivity contribution is 5.84. The van der Waals surface area contributed by atoms with Gasteiger partial charge in [-0.3, -0.25) is 0 Å². The summed E-state index contributed by atoms with van der Waals surface area (Å²) in [5, 5.41) is 19.2. The lowest BCUT2D eigenvalue weighted by atomic mass is 10.0. The van der Waals surface area contributed by atoms with Gasteiger partial charge in [0.05, 0.1) is 12.2 Å². The number of nitrogens with zero attached hydrogens (tertiary/aromatic N) is 4. The smallest absolute Gasteiger partial charge is 0.358 e. The van der Waals surface area contributed by atoms with Gasteiger partial charge in [-0.05, 0) is 19.3 Å². The third-order valence-electron chi connectivity index (χ3n) is 3.85. The number of rotatable bonds is 3. The molecule has 1 unspecified atom stereocenters. The van der Waals surface area contributed by atoms with Crippen LogP contribution >= 0.6 is 0 Å². The number of amides is 2.